The summed E-state index contributed by atoms with van der Waals surface area (Å²) in [5.74, 6) is 0.453. The third kappa shape index (κ3) is 3.58. The Bertz CT molecular complexity index is 596. The van der Waals surface area contributed by atoms with E-state index in [2.05, 4.69) is 19.1 Å². The van der Waals surface area contributed by atoms with Gasteiger partial charge in [-0.25, -0.2) is 0 Å². The van der Waals surface area contributed by atoms with Gasteiger partial charge in [0.2, 0.25) is 0 Å². The molecule has 0 saturated heterocycles. The van der Waals surface area contributed by atoms with Crippen molar-refractivity contribution in [3.05, 3.63) is 58.6 Å². The molecule has 2 N–H and O–H groups in total. The van der Waals surface area contributed by atoms with Gasteiger partial charge in [0.1, 0.15) is 0 Å². The Labute approximate surface area is 121 Å². The lowest BCUT2D eigenvalue weighted by Crippen LogP contribution is -2.01. The molecule has 0 aromatic heterocycles. The summed E-state index contributed by atoms with van der Waals surface area (Å²) in [5.41, 5.74) is 8.67. The molecule has 0 saturated carbocycles. The lowest BCUT2D eigenvalue weighted by atomic mass is 10.1. The van der Waals surface area contributed by atoms with Crippen LogP contribution in [-0.4, -0.2) is 4.21 Å². The quantitative estimate of drug-likeness (QED) is 0.872. The van der Waals surface area contributed by atoms with Crippen molar-refractivity contribution in [1.29, 1.82) is 0 Å². The lowest BCUT2D eigenvalue weighted by molar-refractivity contribution is 0.683. The fourth-order valence-corrected chi connectivity index (χ4v) is 3.28. The molecule has 100 valence electrons. The summed E-state index contributed by atoms with van der Waals surface area (Å²) in [7, 11) is -1.17. The van der Waals surface area contributed by atoms with E-state index in [9.17, 15) is 4.21 Å². The second kappa shape index (κ2) is 6.22. The number of aryl methyl sites for hydroxylation is 1. The van der Waals surface area contributed by atoms with Crippen molar-refractivity contribution in [2.24, 2.45) is 0 Å². The summed E-state index contributed by atoms with van der Waals surface area (Å²) in [4.78, 5) is 0.604. The maximum absolute atomic E-state index is 12.3. The minimum absolute atomic E-state index is 0.453. The number of nitrogens with two attached hydrogens (primary N) is 1. The van der Waals surface area contributed by atoms with Crippen LogP contribution in [0.3, 0.4) is 0 Å². The minimum Gasteiger partial charge on any atom is -0.398 e. The molecular formula is C15H16ClNOS. The Balaban J connectivity index is 2.18. The standard InChI is InChI=1S/C15H16ClNOS/c1-2-11-3-5-12(6-4-11)10-19(18)15-9-13(16)7-8-14(15)17/h3-9H,2,10,17H2,1H3. The Kier molecular flexibility index (Phi) is 4.61. The molecule has 0 aliphatic rings. The number of halogens is 1. The molecule has 0 aliphatic carbocycles. The maximum Gasteiger partial charge on any atom is 0.0635 e. The number of hydrogen-bond donors (Lipinski definition) is 1. The lowest BCUT2D eigenvalue weighted by Gasteiger charge is -2.07. The highest BCUT2D eigenvalue weighted by Crippen LogP contribution is 2.23. The number of benzene rings is 2. The molecule has 2 nitrogen and oxygen atoms in total. The second-order valence-electron chi connectivity index (χ2n) is 4.34. The molecule has 0 amide bonds. The summed E-state index contributed by atoms with van der Waals surface area (Å²) < 4.78 is 12.3. The molecule has 1 unspecified atom stereocenters. The molecule has 0 aliphatic heterocycles. The predicted molar refractivity (Wildman–Crippen MR) is 81.8 cm³/mol. The number of rotatable bonds is 4. The topological polar surface area (TPSA) is 43.1 Å². The van der Waals surface area contributed by atoms with Crippen molar-refractivity contribution >= 4 is 28.1 Å². The van der Waals surface area contributed by atoms with Gasteiger partial charge in [0.15, 0.2) is 0 Å². The van der Waals surface area contributed by atoms with Crippen molar-refractivity contribution < 1.29 is 4.21 Å². The van der Waals surface area contributed by atoms with Gasteiger partial charge in [0.25, 0.3) is 0 Å². The highest BCUT2D eigenvalue weighted by Gasteiger charge is 2.09. The van der Waals surface area contributed by atoms with Crippen LogP contribution in [0.25, 0.3) is 0 Å². The second-order valence-corrected chi connectivity index (χ2v) is 6.20. The Morgan fingerprint density at radius 3 is 2.37 bits per heavy atom. The maximum atomic E-state index is 12.3. The van der Waals surface area contributed by atoms with Crippen LogP contribution in [0.1, 0.15) is 18.1 Å². The van der Waals surface area contributed by atoms with E-state index in [0.29, 0.717) is 21.4 Å². The van der Waals surface area contributed by atoms with E-state index >= 15 is 0 Å². The molecule has 2 aromatic rings. The van der Waals surface area contributed by atoms with E-state index in [-0.39, 0.29) is 0 Å². The first-order valence-corrected chi connectivity index (χ1v) is 7.81. The van der Waals surface area contributed by atoms with Crippen LogP contribution in [0.5, 0.6) is 0 Å². The van der Waals surface area contributed by atoms with Crippen molar-refractivity contribution in [2.45, 2.75) is 24.0 Å². The van der Waals surface area contributed by atoms with Crippen molar-refractivity contribution in [3.63, 3.8) is 0 Å². The van der Waals surface area contributed by atoms with Gasteiger partial charge >= 0.3 is 0 Å². The first kappa shape index (κ1) is 14.1. The van der Waals surface area contributed by atoms with Crippen molar-refractivity contribution in [2.75, 3.05) is 5.73 Å². The van der Waals surface area contributed by atoms with Crippen molar-refractivity contribution in [3.8, 4) is 0 Å². The van der Waals surface area contributed by atoms with Gasteiger partial charge in [0.05, 0.1) is 21.4 Å². The molecule has 4 heteroatoms. The first-order valence-electron chi connectivity index (χ1n) is 6.11. The zero-order valence-electron chi connectivity index (χ0n) is 10.7. The molecule has 2 rings (SSSR count). The Morgan fingerprint density at radius 1 is 1.11 bits per heavy atom. The normalized spacial score (nSPS) is 12.3. The van der Waals surface area contributed by atoms with Gasteiger partial charge in [0, 0.05) is 10.7 Å². The Hall–Kier alpha value is -1.32. The minimum atomic E-state index is -1.17. The van der Waals surface area contributed by atoms with Gasteiger partial charge < -0.3 is 5.73 Å². The third-order valence-electron chi connectivity index (χ3n) is 2.95. The van der Waals surface area contributed by atoms with E-state index < -0.39 is 10.8 Å². The largest absolute Gasteiger partial charge is 0.398 e. The Morgan fingerprint density at radius 2 is 1.74 bits per heavy atom. The summed E-state index contributed by atoms with van der Waals surface area (Å²) in [5, 5.41) is 0.555. The summed E-state index contributed by atoms with van der Waals surface area (Å²) in [6.45, 7) is 2.11. The molecular weight excluding hydrogens is 278 g/mol. The number of anilines is 1. The van der Waals surface area contributed by atoms with E-state index in [4.69, 9.17) is 17.3 Å². The summed E-state index contributed by atoms with van der Waals surface area (Å²) in [6, 6.07) is 13.2. The first-order chi connectivity index (χ1) is 9.10. The molecule has 0 bridgehead atoms. The molecule has 0 spiro atoms. The van der Waals surface area contributed by atoms with Crippen LogP contribution in [-0.2, 0) is 23.0 Å². The summed E-state index contributed by atoms with van der Waals surface area (Å²) >= 11 is 5.91. The van der Waals surface area contributed by atoms with Crippen LogP contribution < -0.4 is 5.73 Å². The van der Waals surface area contributed by atoms with E-state index in [1.165, 1.54) is 5.56 Å². The fourth-order valence-electron chi connectivity index (χ4n) is 1.81. The van der Waals surface area contributed by atoms with Gasteiger partial charge in [-0.15, -0.1) is 0 Å². The number of nitrogen functional groups attached to an aromatic ring is 1. The van der Waals surface area contributed by atoms with E-state index in [0.717, 1.165) is 12.0 Å². The molecule has 19 heavy (non-hydrogen) atoms. The van der Waals surface area contributed by atoms with E-state index in [1.807, 2.05) is 12.1 Å². The van der Waals surface area contributed by atoms with Crippen LogP contribution in [0.4, 0.5) is 5.69 Å². The SMILES string of the molecule is CCc1ccc(CS(=O)c2cc(Cl)ccc2N)cc1. The zero-order chi connectivity index (χ0) is 13.8. The van der Waals surface area contributed by atoms with Crippen LogP contribution in [0, 0.1) is 0 Å². The molecule has 0 heterocycles. The molecule has 0 fully saturated rings. The van der Waals surface area contributed by atoms with Gasteiger partial charge in [-0.3, -0.25) is 4.21 Å². The molecule has 0 radical (unpaired) electrons. The van der Waals surface area contributed by atoms with Crippen molar-refractivity contribution in [1.82, 2.24) is 0 Å². The zero-order valence-corrected chi connectivity index (χ0v) is 12.3. The summed E-state index contributed by atoms with van der Waals surface area (Å²) in [6.07, 6.45) is 1.00. The van der Waals surface area contributed by atoms with Crippen LogP contribution in [0.2, 0.25) is 5.02 Å². The average Bonchev–Trinajstić information content (AvgIpc) is 2.42. The number of hydrogen-bond acceptors (Lipinski definition) is 2. The smallest absolute Gasteiger partial charge is 0.0635 e. The third-order valence-corrected chi connectivity index (χ3v) is 4.62. The van der Waals surface area contributed by atoms with Crippen LogP contribution in [0.15, 0.2) is 47.4 Å². The van der Waals surface area contributed by atoms with Gasteiger partial charge in [-0.05, 0) is 35.7 Å². The van der Waals surface area contributed by atoms with Crippen LogP contribution >= 0.6 is 11.6 Å². The van der Waals surface area contributed by atoms with Gasteiger partial charge in [-0.2, -0.15) is 0 Å². The fraction of sp³-hybridized carbons (Fsp3) is 0.200. The molecule has 2 aromatic carbocycles. The highest BCUT2D eigenvalue weighted by atomic mass is 35.5. The van der Waals surface area contributed by atoms with Gasteiger partial charge in [-0.1, -0.05) is 42.8 Å². The average molecular weight is 294 g/mol. The molecule has 1 atom stereocenters. The van der Waals surface area contributed by atoms with E-state index in [1.54, 1.807) is 18.2 Å². The highest BCUT2D eigenvalue weighted by molar-refractivity contribution is 7.84. The predicted octanol–water partition coefficient (Wildman–Crippen LogP) is 3.79. The monoisotopic (exact) mass is 293 g/mol.